The monoisotopic (exact) mass is 562 g/mol. The second-order valence-corrected chi connectivity index (χ2v) is 4.74. The van der Waals surface area contributed by atoms with Gasteiger partial charge in [-0.1, -0.05) is 0 Å². The molecule has 1 rings (SSSR count). The van der Waals surface area contributed by atoms with Crippen molar-refractivity contribution in [3.05, 3.63) is 0 Å². The molecule has 29 heavy (non-hydrogen) atoms. The molecular formula is C11H4K6O12. The van der Waals surface area contributed by atoms with Gasteiger partial charge < -0.3 is 59.4 Å². The molecule has 1 aliphatic carbocycles. The van der Waals surface area contributed by atoms with Crippen LogP contribution in [0.3, 0.4) is 0 Å². The number of carboxylic acid groups (broad SMARTS) is 6. The Labute approximate surface area is 419 Å². The summed E-state index contributed by atoms with van der Waals surface area (Å²) in [6, 6.07) is 0. The minimum Gasteiger partial charge on any atom is -0.550 e. The topological polar surface area (TPSA) is 241 Å². The van der Waals surface area contributed by atoms with Crippen molar-refractivity contribution in [2.24, 2.45) is 22.7 Å². The molecule has 0 bridgehead atoms. The van der Waals surface area contributed by atoms with Crippen LogP contribution >= 0.6 is 0 Å². The Morgan fingerprint density at radius 3 is 0.759 bits per heavy atom. The van der Waals surface area contributed by atoms with E-state index in [0.717, 1.165) is 0 Å². The summed E-state index contributed by atoms with van der Waals surface area (Å²) in [5.74, 6) is -23.1. The average Bonchev–Trinajstić information content (AvgIpc) is 2.71. The minimum absolute atomic E-state index is 0. The largest absolute Gasteiger partial charge is 1.00 e. The van der Waals surface area contributed by atoms with Gasteiger partial charge in [0, 0.05) is 23.8 Å². The van der Waals surface area contributed by atoms with Gasteiger partial charge in [0.05, 0.1) is 34.7 Å². The third-order valence-corrected chi connectivity index (χ3v) is 4.00. The normalized spacial score (nSPS) is 19.4. The van der Waals surface area contributed by atoms with Crippen LogP contribution in [-0.4, -0.2) is 35.8 Å². The molecule has 12 nitrogen and oxygen atoms in total. The quantitative estimate of drug-likeness (QED) is 0.216. The second kappa shape index (κ2) is 20.6. The van der Waals surface area contributed by atoms with Gasteiger partial charge in [-0.15, -0.1) is 0 Å². The van der Waals surface area contributed by atoms with Crippen molar-refractivity contribution in [1.82, 2.24) is 0 Å². The van der Waals surface area contributed by atoms with Crippen molar-refractivity contribution < 1.29 is 368 Å². The third kappa shape index (κ3) is 9.11. The van der Waals surface area contributed by atoms with E-state index in [1.165, 1.54) is 0 Å². The molecule has 1 aliphatic rings. The Morgan fingerprint density at radius 1 is 0.483 bits per heavy atom. The maximum Gasteiger partial charge on any atom is 1.00 e. The molecule has 126 valence electrons. The zero-order chi connectivity index (χ0) is 18.3. The molecular weight excluding hydrogens is 559 g/mol. The number of hydrogen-bond acceptors (Lipinski definition) is 12. The molecule has 0 heterocycles. The van der Waals surface area contributed by atoms with Gasteiger partial charge in [0.15, 0.2) is 0 Å². The van der Waals surface area contributed by atoms with Gasteiger partial charge in [-0.25, -0.2) is 0 Å². The molecule has 0 radical (unpaired) electrons. The number of carbonyl (C=O) groups is 6. The summed E-state index contributed by atoms with van der Waals surface area (Å²) in [4.78, 5) is 67.0. The van der Waals surface area contributed by atoms with Crippen LogP contribution in [0.25, 0.3) is 0 Å². The summed E-state index contributed by atoms with van der Waals surface area (Å²) in [6.45, 7) is 0. The van der Waals surface area contributed by atoms with E-state index in [-0.39, 0.29) is 308 Å². The van der Waals surface area contributed by atoms with Crippen molar-refractivity contribution in [2.45, 2.75) is 6.42 Å². The number of rotatable bonds is 6. The predicted molar refractivity (Wildman–Crippen MR) is 46.5 cm³/mol. The first-order valence-electron chi connectivity index (χ1n) is 5.67. The van der Waals surface area contributed by atoms with Crippen LogP contribution in [0.4, 0.5) is 0 Å². The first-order valence-corrected chi connectivity index (χ1v) is 5.67. The molecule has 18 heteroatoms. The van der Waals surface area contributed by atoms with Gasteiger partial charge in [-0.2, -0.15) is 0 Å². The Morgan fingerprint density at radius 2 is 0.655 bits per heavy atom. The summed E-state index contributed by atoms with van der Waals surface area (Å²) >= 11 is 0. The van der Waals surface area contributed by atoms with E-state index in [4.69, 9.17) is 0 Å². The van der Waals surface area contributed by atoms with Crippen molar-refractivity contribution in [2.75, 3.05) is 0 Å². The summed E-state index contributed by atoms with van der Waals surface area (Å²) in [7, 11) is 0. The fourth-order valence-corrected chi connectivity index (χ4v) is 3.06. The first-order chi connectivity index (χ1) is 10.4. The summed E-state index contributed by atoms with van der Waals surface area (Å²) in [5, 5.41) is 67.0. The minimum atomic E-state index is -4.35. The van der Waals surface area contributed by atoms with Gasteiger partial charge in [0.1, 0.15) is 0 Å². The van der Waals surface area contributed by atoms with Gasteiger partial charge >= 0.3 is 308 Å². The molecule has 0 saturated heterocycles. The van der Waals surface area contributed by atoms with Crippen LogP contribution in [0.15, 0.2) is 0 Å². The Balaban J connectivity index is -0.000000220. The van der Waals surface area contributed by atoms with E-state index in [2.05, 4.69) is 0 Å². The molecule has 0 spiro atoms. The van der Waals surface area contributed by atoms with Crippen LogP contribution in [0.1, 0.15) is 6.42 Å². The fraction of sp³-hybridized carbons (Fsp3) is 0.455. The number of carbonyl (C=O) groups excluding carboxylic acids is 6. The van der Waals surface area contributed by atoms with Crippen LogP contribution in [-0.2, 0) is 28.8 Å². The molecule has 0 aromatic carbocycles. The van der Waals surface area contributed by atoms with E-state index in [1.54, 1.807) is 0 Å². The molecule has 1 fully saturated rings. The smallest absolute Gasteiger partial charge is 0.550 e. The van der Waals surface area contributed by atoms with E-state index in [0.29, 0.717) is 0 Å². The predicted octanol–water partition coefficient (Wildman–Crippen LogP) is -27.9. The Bertz CT molecular complexity index is 570. The summed E-state index contributed by atoms with van der Waals surface area (Å²) in [5.41, 5.74) is -8.71. The second-order valence-electron chi connectivity index (χ2n) is 4.74. The molecule has 0 aromatic heterocycles. The van der Waals surface area contributed by atoms with Crippen LogP contribution in [0.2, 0.25) is 0 Å². The van der Waals surface area contributed by atoms with E-state index >= 15 is 0 Å². The SMILES string of the molecule is O=C([O-])C1CC(C(=O)[O-])C(C(=O)[O-])(C(=O)[O-])C1(C(=O)[O-])C(=O)[O-].[K+].[K+].[K+].[K+].[K+].[K+]. The van der Waals surface area contributed by atoms with Gasteiger partial charge in [0.25, 0.3) is 0 Å². The molecule has 0 aromatic rings. The molecule has 0 aliphatic heterocycles. The summed E-state index contributed by atoms with van der Waals surface area (Å²) < 4.78 is 0. The van der Waals surface area contributed by atoms with Crippen molar-refractivity contribution >= 4 is 35.8 Å². The van der Waals surface area contributed by atoms with Gasteiger partial charge in [0.2, 0.25) is 0 Å². The molecule has 1 saturated carbocycles. The molecule has 2 atom stereocenters. The fourth-order valence-electron chi connectivity index (χ4n) is 3.06. The van der Waals surface area contributed by atoms with Crippen molar-refractivity contribution in [3.63, 3.8) is 0 Å². The maximum absolute atomic E-state index is 11.3. The van der Waals surface area contributed by atoms with E-state index < -0.39 is 64.9 Å². The third-order valence-electron chi connectivity index (χ3n) is 4.00. The van der Waals surface area contributed by atoms with Crippen LogP contribution < -0.4 is 339 Å². The van der Waals surface area contributed by atoms with Crippen LogP contribution in [0, 0.1) is 22.7 Å². The van der Waals surface area contributed by atoms with Crippen LogP contribution in [0.5, 0.6) is 0 Å². The van der Waals surface area contributed by atoms with E-state index in [1.807, 2.05) is 0 Å². The number of carboxylic acids is 6. The summed E-state index contributed by atoms with van der Waals surface area (Å²) in [6.07, 6.45) is -1.57. The molecule has 0 amide bonds. The molecule has 2 unspecified atom stereocenters. The maximum atomic E-state index is 11.3. The average molecular weight is 563 g/mol. The zero-order valence-corrected chi connectivity index (χ0v) is 35.5. The van der Waals surface area contributed by atoms with E-state index in [9.17, 15) is 59.4 Å². The number of aliphatic carboxylic acids is 6. The Kier molecular flexibility index (Phi) is 34.5. The number of hydrogen-bond donors (Lipinski definition) is 0. The van der Waals surface area contributed by atoms with Gasteiger partial charge in [-0.3, -0.25) is 0 Å². The molecule has 0 N–H and O–H groups in total. The zero-order valence-electron chi connectivity index (χ0n) is 16.8. The van der Waals surface area contributed by atoms with Crippen molar-refractivity contribution in [3.8, 4) is 0 Å². The Hall–Kier alpha value is 6.64. The van der Waals surface area contributed by atoms with Crippen molar-refractivity contribution in [1.29, 1.82) is 0 Å². The first kappa shape index (κ1) is 48.7. The standard InChI is InChI=1S/C11H10O12.6K/c12-4(13)2-1-3(5(14)15)11(8(20)21,9(22)23)10(2,6(16)17)7(18)19;;;;;;/h2-3H,1H2,(H,12,13)(H,14,15)(H,16,17)(H,18,19)(H,20,21)(H,22,23);;;;;;/q;6*+1/p-6. The van der Waals surface area contributed by atoms with Gasteiger partial charge in [-0.05, 0) is 6.42 Å².